The van der Waals surface area contributed by atoms with E-state index in [9.17, 15) is 10.1 Å². The third-order valence-corrected chi connectivity index (χ3v) is 3.96. The molecule has 5 heteroatoms. The molecule has 0 aliphatic carbocycles. The zero-order valence-corrected chi connectivity index (χ0v) is 15.9. The number of rotatable bonds is 11. The predicted molar refractivity (Wildman–Crippen MR) is 99.7 cm³/mol. The van der Waals surface area contributed by atoms with Crippen LogP contribution in [-0.4, -0.2) is 24.7 Å². The largest absolute Gasteiger partial charge is 0.494 e. The van der Waals surface area contributed by atoms with Crippen LogP contribution in [0.25, 0.3) is 0 Å². The van der Waals surface area contributed by atoms with Crippen LogP contribution in [0.4, 0.5) is 5.69 Å². The van der Waals surface area contributed by atoms with Crippen molar-refractivity contribution in [2.24, 2.45) is 0 Å². The number of hydrogen-bond acceptors (Lipinski definition) is 4. The van der Waals surface area contributed by atoms with Crippen molar-refractivity contribution < 1.29 is 14.3 Å². The average molecular weight is 346 g/mol. The Balaban J connectivity index is 2.89. The number of carbonyl (C=O) groups excluding carboxylic acids is 1. The molecule has 0 aromatic heterocycles. The number of amides is 1. The number of nitrogens with zero attached hydrogens (tertiary/aromatic N) is 1. The molecule has 0 saturated carbocycles. The van der Waals surface area contributed by atoms with Crippen molar-refractivity contribution in [3.63, 3.8) is 0 Å². The number of nitrogens with one attached hydrogen (secondary N) is 1. The van der Waals surface area contributed by atoms with Gasteiger partial charge in [0.15, 0.2) is 0 Å². The van der Waals surface area contributed by atoms with Crippen LogP contribution in [-0.2, 0) is 9.53 Å². The molecule has 1 amide bonds. The smallest absolute Gasteiger partial charge is 0.256 e. The van der Waals surface area contributed by atoms with Crippen molar-refractivity contribution in [1.82, 2.24) is 0 Å². The Labute approximate surface area is 151 Å². The first kappa shape index (κ1) is 21.0. The van der Waals surface area contributed by atoms with E-state index >= 15 is 0 Å². The Morgan fingerprint density at radius 2 is 1.96 bits per heavy atom. The monoisotopic (exact) mass is 346 g/mol. The molecule has 1 rings (SSSR count). The summed E-state index contributed by atoms with van der Waals surface area (Å²) < 4.78 is 11.4. The van der Waals surface area contributed by atoms with E-state index in [1.165, 1.54) is 0 Å². The second-order valence-corrected chi connectivity index (χ2v) is 6.30. The number of unbranched alkanes of at least 4 members (excludes halogenated alkanes) is 1. The molecule has 0 fully saturated rings. The van der Waals surface area contributed by atoms with E-state index < -0.39 is 5.60 Å². The number of carbonyl (C=O) groups is 1. The SMILES string of the molecule is CCCCOc1ccc(NC(=O)[C@](C)(CCC)OCCC)c(C#N)c1. The van der Waals surface area contributed by atoms with Crippen LogP contribution in [0.3, 0.4) is 0 Å². The van der Waals surface area contributed by atoms with Gasteiger partial charge in [-0.2, -0.15) is 5.26 Å². The maximum Gasteiger partial charge on any atom is 0.256 e. The molecule has 1 aromatic carbocycles. The van der Waals surface area contributed by atoms with Crippen molar-refractivity contribution in [3.8, 4) is 11.8 Å². The number of nitriles is 1. The third kappa shape index (κ3) is 6.39. The second kappa shape index (κ2) is 10.7. The average Bonchev–Trinajstić information content (AvgIpc) is 2.61. The molecule has 0 aliphatic heterocycles. The summed E-state index contributed by atoms with van der Waals surface area (Å²) in [6.45, 7) is 9.07. The zero-order valence-electron chi connectivity index (χ0n) is 15.9. The fraction of sp³-hybridized carbons (Fsp3) is 0.600. The molecule has 0 bridgehead atoms. The van der Waals surface area contributed by atoms with Crippen LogP contribution in [0.2, 0.25) is 0 Å². The van der Waals surface area contributed by atoms with Gasteiger partial charge in [0, 0.05) is 6.61 Å². The minimum Gasteiger partial charge on any atom is -0.494 e. The van der Waals surface area contributed by atoms with Gasteiger partial charge >= 0.3 is 0 Å². The molecule has 0 radical (unpaired) electrons. The van der Waals surface area contributed by atoms with Crippen LogP contribution < -0.4 is 10.1 Å². The van der Waals surface area contributed by atoms with E-state index in [1.807, 2.05) is 13.8 Å². The van der Waals surface area contributed by atoms with Gasteiger partial charge in [0.25, 0.3) is 5.91 Å². The topological polar surface area (TPSA) is 71.3 Å². The van der Waals surface area contributed by atoms with Crippen molar-refractivity contribution >= 4 is 11.6 Å². The van der Waals surface area contributed by atoms with E-state index in [1.54, 1.807) is 25.1 Å². The molecule has 5 nitrogen and oxygen atoms in total. The highest BCUT2D eigenvalue weighted by Crippen LogP contribution is 2.25. The van der Waals surface area contributed by atoms with Crippen molar-refractivity contribution in [2.75, 3.05) is 18.5 Å². The highest BCUT2D eigenvalue weighted by Gasteiger charge is 2.33. The molecular weight excluding hydrogens is 316 g/mol. The van der Waals surface area contributed by atoms with Gasteiger partial charge < -0.3 is 14.8 Å². The number of anilines is 1. The quantitative estimate of drug-likeness (QED) is 0.591. The van der Waals surface area contributed by atoms with Gasteiger partial charge in [-0.1, -0.05) is 33.6 Å². The first-order chi connectivity index (χ1) is 12.0. The predicted octanol–water partition coefficient (Wildman–Crippen LogP) is 4.66. The van der Waals surface area contributed by atoms with Crippen LogP contribution >= 0.6 is 0 Å². The van der Waals surface area contributed by atoms with Gasteiger partial charge in [0.2, 0.25) is 0 Å². The third-order valence-electron chi connectivity index (χ3n) is 3.96. The highest BCUT2D eigenvalue weighted by atomic mass is 16.5. The molecular formula is C20H30N2O3. The van der Waals surface area contributed by atoms with E-state index in [-0.39, 0.29) is 5.91 Å². The van der Waals surface area contributed by atoms with Gasteiger partial charge in [-0.3, -0.25) is 4.79 Å². The summed E-state index contributed by atoms with van der Waals surface area (Å²) in [5.41, 5.74) is -0.0252. The molecule has 0 saturated heterocycles. The van der Waals surface area contributed by atoms with Gasteiger partial charge in [0.05, 0.1) is 17.9 Å². The summed E-state index contributed by atoms with van der Waals surface area (Å²) >= 11 is 0. The number of ether oxygens (including phenoxy) is 2. The molecule has 1 N–H and O–H groups in total. The van der Waals surface area contributed by atoms with E-state index in [2.05, 4.69) is 18.3 Å². The molecule has 0 unspecified atom stereocenters. The normalized spacial score (nSPS) is 12.9. The fourth-order valence-electron chi connectivity index (χ4n) is 2.46. The maximum atomic E-state index is 12.7. The molecule has 25 heavy (non-hydrogen) atoms. The highest BCUT2D eigenvalue weighted by molar-refractivity contribution is 5.98. The molecule has 138 valence electrons. The summed E-state index contributed by atoms with van der Waals surface area (Å²) in [5.74, 6) is 0.417. The van der Waals surface area contributed by atoms with Crippen molar-refractivity contribution in [3.05, 3.63) is 23.8 Å². The van der Waals surface area contributed by atoms with Crippen molar-refractivity contribution in [2.45, 2.75) is 65.4 Å². The molecule has 0 aliphatic rings. The Bertz CT molecular complexity index is 595. The van der Waals surface area contributed by atoms with Crippen LogP contribution in [0.1, 0.15) is 65.4 Å². The number of hydrogen-bond donors (Lipinski definition) is 1. The standard InChI is InChI=1S/C20H30N2O3/c1-5-8-13-24-17-9-10-18(16(14-17)15-21)22-19(23)20(4,11-6-2)25-12-7-3/h9-10,14H,5-8,11-13H2,1-4H3,(H,22,23)/t20-/m0/s1. The molecule has 0 heterocycles. The minimum absolute atomic E-state index is 0.223. The minimum atomic E-state index is -0.895. The Hall–Kier alpha value is -2.06. The lowest BCUT2D eigenvalue weighted by atomic mass is 9.98. The lowest BCUT2D eigenvalue weighted by molar-refractivity contribution is -0.140. The maximum absolute atomic E-state index is 12.7. The fourth-order valence-corrected chi connectivity index (χ4v) is 2.46. The summed E-state index contributed by atoms with van der Waals surface area (Å²) in [4.78, 5) is 12.7. The van der Waals surface area contributed by atoms with Crippen LogP contribution in [0.5, 0.6) is 5.75 Å². The Morgan fingerprint density at radius 1 is 1.20 bits per heavy atom. The van der Waals surface area contributed by atoms with Crippen LogP contribution in [0.15, 0.2) is 18.2 Å². The van der Waals surface area contributed by atoms with Crippen molar-refractivity contribution in [1.29, 1.82) is 5.26 Å². The van der Waals surface area contributed by atoms with E-state index in [0.29, 0.717) is 36.6 Å². The van der Waals surface area contributed by atoms with E-state index in [4.69, 9.17) is 9.47 Å². The number of benzene rings is 1. The zero-order chi connectivity index (χ0) is 18.7. The van der Waals surface area contributed by atoms with E-state index in [0.717, 1.165) is 25.7 Å². The molecule has 1 atom stereocenters. The van der Waals surface area contributed by atoms with Gasteiger partial charge in [0.1, 0.15) is 17.4 Å². The molecule has 1 aromatic rings. The molecule has 0 spiro atoms. The summed E-state index contributed by atoms with van der Waals surface area (Å²) in [6.07, 6.45) is 4.32. The van der Waals surface area contributed by atoms with Crippen LogP contribution in [0, 0.1) is 11.3 Å². The van der Waals surface area contributed by atoms with Gasteiger partial charge in [-0.15, -0.1) is 0 Å². The summed E-state index contributed by atoms with van der Waals surface area (Å²) in [6, 6.07) is 7.27. The lowest BCUT2D eigenvalue weighted by Gasteiger charge is -2.28. The Kier molecular flexibility index (Phi) is 9.01. The Morgan fingerprint density at radius 3 is 2.56 bits per heavy atom. The first-order valence-corrected chi connectivity index (χ1v) is 9.13. The lowest BCUT2D eigenvalue weighted by Crippen LogP contribution is -2.43. The first-order valence-electron chi connectivity index (χ1n) is 9.13. The van der Waals surface area contributed by atoms with Gasteiger partial charge in [-0.05, 0) is 44.4 Å². The summed E-state index contributed by atoms with van der Waals surface area (Å²) in [5, 5.41) is 12.2. The second-order valence-electron chi connectivity index (χ2n) is 6.30. The van der Waals surface area contributed by atoms with Gasteiger partial charge in [-0.25, -0.2) is 0 Å². The summed E-state index contributed by atoms with van der Waals surface area (Å²) in [7, 11) is 0.